The van der Waals surface area contributed by atoms with Gasteiger partial charge in [-0.3, -0.25) is 4.79 Å². The van der Waals surface area contributed by atoms with E-state index in [1.165, 1.54) is 148 Å². The summed E-state index contributed by atoms with van der Waals surface area (Å²) in [5.74, 6) is -0.196. The third-order valence-electron chi connectivity index (χ3n) is 12.8. The second kappa shape index (κ2) is 46.6. The first-order valence-electron chi connectivity index (χ1n) is 27.5. The van der Waals surface area contributed by atoms with Crippen molar-refractivity contribution >= 4 is 5.91 Å². The normalized spacial score (nSPS) is 20.3. The molecule has 0 aliphatic carbocycles. The minimum Gasteiger partial charge on any atom is -0.394 e. The second-order valence-corrected chi connectivity index (χ2v) is 19.0. The van der Waals surface area contributed by atoms with Crippen LogP contribution < -0.4 is 5.32 Å². The zero-order valence-corrected chi connectivity index (χ0v) is 42.4. The molecule has 0 bridgehead atoms. The molecule has 9 heteroatoms. The molecule has 0 aromatic rings. The Morgan fingerprint density at radius 1 is 0.515 bits per heavy atom. The lowest BCUT2D eigenvalue weighted by molar-refractivity contribution is -0.302. The van der Waals surface area contributed by atoms with Crippen molar-refractivity contribution in [2.45, 2.75) is 281 Å². The fourth-order valence-corrected chi connectivity index (χ4v) is 8.40. The van der Waals surface area contributed by atoms with E-state index in [9.17, 15) is 30.3 Å². The quantitative estimate of drug-likeness (QED) is 0.0261. The molecule has 0 radical (unpaired) electrons. The zero-order valence-electron chi connectivity index (χ0n) is 42.4. The van der Waals surface area contributed by atoms with Crippen LogP contribution in [0, 0.1) is 0 Å². The van der Waals surface area contributed by atoms with Crippen molar-refractivity contribution in [2.75, 3.05) is 13.2 Å². The molecule has 9 nitrogen and oxygen atoms in total. The number of carbonyl (C=O) groups is 1. The number of hydrogen-bond donors (Lipinski definition) is 6. The first-order chi connectivity index (χ1) is 32.3. The Bertz CT molecular complexity index is 1220. The molecule has 384 valence electrons. The highest BCUT2D eigenvalue weighted by molar-refractivity contribution is 5.76. The van der Waals surface area contributed by atoms with Gasteiger partial charge in [-0.2, -0.15) is 0 Å². The van der Waals surface area contributed by atoms with Crippen LogP contribution in [0.15, 0.2) is 60.8 Å². The summed E-state index contributed by atoms with van der Waals surface area (Å²) < 4.78 is 11.2. The number of nitrogens with one attached hydrogen (secondary N) is 1. The average Bonchev–Trinajstić information content (AvgIpc) is 3.32. The van der Waals surface area contributed by atoms with Crippen LogP contribution in [0.25, 0.3) is 0 Å². The number of hydrogen-bond acceptors (Lipinski definition) is 8. The van der Waals surface area contributed by atoms with Crippen LogP contribution in [0.1, 0.15) is 239 Å². The summed E-state index contributed by atoms with van der Waals surface area (Å²) in [5.41, 5.74) is 0. The van der Waals surface area contributed by atoms with Gasteiger partial charge in [0.15, 0.2) is 6.29 Å². The van der Waals surface area contributed by atoms with Crippen LogP contribution in [0.5, 0.6) is 0 Å². The first kappa shape index (κ1) is 61.9. The number of aliphatic hydroxyl groups is 5. The summed E-state index contributed by atoms with van der Waals surface area (Å²) in [4.78, 5) is 13.0. The predicted octanol–water partition coefficient (Wildman–Crippen LogP) is 13.1. The molecule has 1 aliphatic rings. The maximum atomic E-state index is 13.0. The molecule has 0 aromatic carbocycles. The van der Waals surface area contributed by atoms with Crippen LogP contribution in [-0.4, -0.2) is 87.5 Å². The molecule has 6 N–H and O–H groups in total. The smallest absolute Gasteiger partial charge is 0.220 e. The Morgan fingerprint density at radius 2 is 0.909 bits per heavy atom. The fourth-order valence-electron chi connectivity index (χ4n) is 8.40. The number of amides is 1. The second-order valence-electron chi connectivity index (χ2n) is 19.0. The van der Waals surface area contributed by atoms with Gasteiger partial charge in [0.25, 0.3) is 0 Å². The van der Waals surface area contributed by atoms with Crippen LogP contribution in [0.4, 0.5) is 0 Å². The van der Waals surface area contributed by atoms with E-state index in [1.54, 1.807) is 6.08 Å². The van der Waals surface area contributed by atoms with Crippen molar-refractivity contribution in [3.8, 4) is 0 Å². The third-order valence-corrected chi connectivity index (χ3v) is 12.8. The molecular formula is C57H103NO8. The number of aliphatic hydroxyl groups excluding tert-OH is 5. The van der Waals surface area contributed by atoms with Crippen molar-refractivity contribution in [1.82, 2.24) is 5.32 Å². The van der Waals surface area contributed by atoms with Crippen LogP contribution in [0.3, 0.4) is 0 Å². The van der Waals surface area contributed by atoms with Gasteiger partial charge >= 0.3 is 0 Å². The van der Waals surface area contributed by atoms with Gasteiger partial charge in [0.1, 0.15) is 24.4 Å². The number of unbranched alkanes of at least 4 members (excludes halogenated alkanes) is 28. The number of rotatable bonds is 46. The highest BCUT2D eigenvalue weighted by Crippen LogP contribution is 2.23. The Hall–Kier alpha value is -2.11. The number of carbonyl (C=O) groups excluding carboxylic acids is 1. The summed E-state index contributed by atoms with van der Waals surface area (Å²) in [5, 5.41) is 54.4. The minimum atomic E-state index is -1.58. The van der Waals surface area contributed by atoms with E-state index in [4.69, 9.17) is 9.47 Å². The lowest BCUT2D eigenvalue weighted by Gasteiger charge is -2.40. The molecule has 0 spiro atoms. The summed E-state index contributed by atoms with van der Waals surface area (Å²) >= 11 is 0. The molecule has 7 unspecified atom stereocenters. The molecule has 0 aromatic heterocycles. The van der Waals surface area contributed by atoms with Crippen LogP contribution in [0.2, 0.25) is 0 Å². The Labute approximate surface area is 405 Å². The van der Waals surface area contributed by atoms with Crippen molar-refractivity contribution in [1.29, 1.82) is 0 Å². The molecule has 0 saturated carbocycles. The zero-order chi connectivity index (χ0) is 48.0. The number of ether oxygens (including phenoxy) is 2. The molecule has 1 fully saturated rings. The summed E-state index contributed by atoms with van der Waals surface area (Å²) in [6, 6.07) is -0.833. The van der Waals surface area contributed by atoms with E-state index in [0.717, 1.165) is 70.6 Å². The largest absolute Gasteiger partial charge is 0.394 e. The molecule has 1 saturated heterocycles. The van der Waals surface area contributed by atoms with Crippen LogP contribution >= 0.6 is 0 Å². The topological polar surface area (TPSA) is 149 Å². The predicted molar refractivity (Wildman–Crippen MR) is 276 cm³/mol. The van der Waals surface area contributed by atoms with Gasteiger partial charge in [0.05, 0.1) is 25.4 Å². The van der Waals surface area contributed by atoms with Crippen molar-refractivity contribution in [3.63, 3.8) is 0 Å². The lowest BCUT2D eigenvalue weighted by Crippen LogP contribution is -2.60. The third kappa shape index (κ3) is 36.0. The highest BCUT2D eigenvalue weighted by atomic mass is 16.7. The summed E-state index contributed by atoms with van der Waals surface area (Å²) in [6.45, 7) is 3.76. The average molecular weight is 930 g/mol. The van der Waals surface area contributed by atoms with Gasteiger partial charge < -0.3 is 40.3 Å². The summed E-state index contributed by atoms with van der Waals surface area (Å²) in [7, 11) is 0. The number of allylic oxidation sites excluding steroid dienone is 9. The van der Waals surface area contributed by atoms with E-state index in [0.29, 0.717) is 6.42 Å². The van der Waals surface area contributed by atoms with Gasteiger partial charge in [-0.25, -0.2) is 0 Å². The van der Waals surface area contributed by atoms with Gasteiger partial charge in [0, 0.05) is 6.42 Å². The van der Waals surface area contributed by atoms with Crippen LogP contribution in [-0.2, 0) is 14.3 Å². The fraction of sp³-hybridized carbons (Fsp3) is 0.807. The van der Waals surface area contributed by atoms with E-state index < -0.39 is 49.5 Å². The Kier molecular flexibility index (Phi) is 43.7. The van der Waals surface area contributed by atoms with Gasteiger partial charge in [-0.05, 0) is 77.0 Å². The standard InChI is InChI=1S/C57H103NO8/c1-3-5-7-9-11-13-15-17-19-21-23-24-25-26-27-28-29-31-33-35-37-39-41-43-45-47-53(61)58-50(49-65-57-56(64)55(63)54(62)52(48-59)66-57)51(60)46-44-42-40-38-36-34-32-30-22-20-18-16-14-12-10-8-6-4-2/h22-24,26-27,30,36,38,44,46,50-52,54-57,59-60,62-64H,3-21,25,28-29,31-35,37,39-43,45,47-49H2,1-2H3,(H,58,61)/b24-23-,27-26-,30-22+,38-36+,46-44+. The maximum Gasteiger partial charge on any atom is 0.220 e. The lowest BCUT2D eigenvalue weighted by atomic mass is 9.99. The van der Waals surface area contributed by atoms with E-state index >= 15 is 0 Å². The van der Waals surface area contributed by atoms with E-state index in [2.05, 4.69) is 67.8 Å². The van der Waals surface area contributed by atoms with Gasteiger partial charge in [-0.15, -0.1) is 0 Å². The molecule has 7 atom stereocenters. The maximum absolute atomic E-state index is 13.0. The van der Waals surface area contributed by atoms with Crippen molar-refractivity contribution in [2.24, 2.45) is 0 Å². The van der Waals surface area contributed by atoms with Crippen molar-refractivity contribution in [3.05, 3.63) is 60.8 Å². The highest BCUT2D eigenvalue weighted by Gasteiger charge is 2.44. The summed E-state index contributed by atoms with van der Waals surface area (Å²) in [6.07, 6.45) is 55.6. The first-order valence-corrected chi connectivity index (χ1v) is 27.5. The van der Waals surface area contributed by atoms with E-state index in [-0.39, 0.29) is 12.5 Å². The van der Waals surface area contributed by atoms with Crippen molar-refractivity contribution < 1.29 is 39.8 Å². The minimum absolute atomic E-state index is 0.196. The monoisotopic (exact) mass is 930 g/mol. The van der Waals surface area contributed by atoms with Gasteiger partial charge in [0.2, 0.25) is 5.91 Å². The Balaban J connectivity index is 2.28. The molecule has 1 heterocycles. The molecular weight excluding hydrogens is 827 g/mol. The van der Waals surface area contributed by atoms with E-state index in [1.807, 2.05) is 6.08 Å². The molecule has 1 aliphatic heterocycles. The SMILES string of the molecule is CCCCCCCCCC/C=C/CC/C=C/CC/C=C/C(O)C(COC1OC(CO)C(O)C(O)C1O)NC(=O)CCCCCCCCCCC/C=C\C/C=C\CCCCCCCCCCC. The molecule has 1 amide bonds. The molecule has 1 rings (SSSR count). The molecule has 66 heavy (non-hydrogen) atoms. The Morgan fingerprint density at radius 3 is 1.36 bits per heavy atom. The van der Waals surface area contributed by atoms with Gasteiger partial charge in [-0.1, -0.05) is 216 Å².